The fraction of sp³-hybridized carbons (Fsp3) is 0.875. The third kappa shape index (κ3) is 3.96. The zero-order chi connectivity index (χ0) is 14.2. The van der Waals surface area contributed by atoms with Gasteiger partial charge in [0, 0.05) is 25.7 Å². The highest BCUT2D eigenvalue weighted by atomic mass is 16.6. The zero-order valence-corrected chi connectivity index (χ0v) is 11.9. The Morgan fingerprint density at radius 1 is 0.857 bits per heavy atom. The van der Waals surface area contributed by atoms with E-state index in [0.717, 1.165) is 0 Å². The van der Waals surface area contributed by atoms with Crippen molar-refractivity contribution in [2.75, 3.05) is 13.2 Å². The summed E-state index contributed by atoms with van der Waals surface area (Å²) in [6, 6.07) is 0. The van der Waals surface area contributed by atoms with Gasteiger partial charge in [0.05, 0.1) is 25.4 Å². The van der Waals surface area contributed by atoms with Crippen molar-refractivity contribution in [3.8, 4) is 0 Å². The van der Waals surface area contributed by atoms with E-state index >= 15 is 0 Å². The van der Waals surface area contributed by atoms with Gasteiger partial charge in [-0.25, -0.2) is 0 Å². The minimum atomic E-state index is -0.283. The van der Waals surface area contributed by atoms with Gasteiger partial charge in [-0.15, -0.1) is 0 Å². The summed E-state index contributed by atoms with van der Waals surface area (Å²) in [5.41, 5.74) is 0. The maximum Gasteiger partial charge on any atom is 0.302 e. The van der Waals surface area contributed by atoms with Crippen LogP contribution in [-0.2, 0) is 23.8 Å². The number of fused-ring (bicyclic) bond motifs is 2. The van der Waals surface area contributed by atoms with Gasteiger partial charge >= 0.3 is 11.9 Å². The fourth-order valence-electron chi connectivity index (χ4n) is 3.36. The first kappa shape index (κ1) is 19.9. The van der Waals surface area contributed by atoms with Gasteiger partial charge in [0.25, 0.3) is 0 Å². The van der Waals surface area contributed by atoms with E-state index in [1.807, 2.05) is 0 Å². The normalized spacial score (nSPS) is 36.4. The van der Waals surface area contributed by atoms with Gasteiger partial charge < -0.3 is 14.2 Å². The van der Waals surface area contributed by atoms with E-state index in [1.165, 1.54) is 13.8 Å². The average Bonchev–Trinajstić information content (AvgIpc) is 2.82. The molecule has 2 bridgehead atoms. The Morgan fingerprint density at radius 3 is 1.48 bits per heavy atom. The molecule has 0 saturated carbocycles. The maximum atomic E-state index is 11.0. The fourth-order valence-corrected chi connectivity index (χ4v) is 3.36. The molecule has 0 amide bonds. The lowest BCUT2D eigenvalue weighted by molar-refractivity contribution is -0.147. The Morgan fingerprint density at radius 2 is 1.19 bits per heavy atom. The van der Waals surface area contributed by atoms with Crippen LogP contribution in [0.15, 0.2) is 0 Å². The minimum absolute atomic E-state index is 0. The van der Waals surface area contributed by atoms with E-state index in [9.17, 15) is 9.59 Å². The van der Waals surface area contributed by atoms with Crippen LogP contribution in [0.1, 0.15) is 42.5 Å². The van der Waals surface area contributed by atoms with Crippen LogP contribution in [0.4, 0.5) is 0 Å². The summed E-state index contributed by atoms with van der Waals surface area (Å²) < 4.78 is 16.3. The molecule has 2 rings (SSSR count). The predicted octanol–water partition coefficient (Wildman–Crippen LogP) is 2.67. The molecule has 0 aromatic heterocycles. The average molecular weight is 302 g/mol. The molecule has 2 saturated heterocycles. The molecule has 6 atom stereocenters. The van der Waals surface area contributed by atoms with E-state index in [2.05, 4.69) is 13.8 Å². The van der Waals surface area contributed by atoms with Crippen LogP contribution < -0.4 is 0 Å². The highest BCUT2D eigenvalue weighted by molar-refractivity contribution is 5.66. The Hall–Kier alpha value is -1.10. The van der Waals surface area contributed by atoms with Crippen LogP contribution >= 0.6 is 0 Å². The third-order valence-electron chi connectivity index (χ3n) is 4.53. The first-order valence-corrected chi connectivity index (χ1v) is 6.84. The minimum Gasteiger partial charge on any atom is -0.465 e. The molecule has 0 N–H and O–H groups in total. The number of ether oxygens (including phenoxy) is 3. The summed E-state index contributed by atoms with van der Waals surface area (Å²) in [4.78, 5) is 22.0. The van der Waals surface area contributed by atoms with Crippen molar-refractivity contribution in [2.24, 2.45) is 23.7 Å². The molecular weight excluding hydrogens is 272 g/mol. The molecule has 2 aliphatic heterocycles. The first-order chi connectivity index (χ1) is 8.91. The van der Waals surface area contributed by atoms with Crippen molar-refractivity contribution in [3.63, 3.8) is 0 Å². The SMILES string of the molecule is C.C.CC(=O)OCC1C(COC(C)=O)C2OC1C(C)C2C. The van der Waals surface area contributed by atoms with E-state index in [1.54, 1.807) is 0 Å². The number of hydrogen-bond acceptors (Lipinski definition) is 5. The lowest BCUT2D eigenvalue weighted by Crippen LogP contribution is -2.42. The van der Waals surface area contributed by atoms with Crippen molar-refractivity contribution in [1.82, 2.24) is 0 Å². The lowest BCUT2D eigenvalue weighted by atomic mass is 9.70. The quantitative estimate of drug-likeness (QED) is 0.747. The third-order valence-corrected chi connectivity index (χ3v) is 4.53. The molecule has 5 nitrogen and oxygen atoms in total. The number of rotatable bonds is 4. The number of esters is 2. The molecule has 21 heavy (non-hydrogen) atoms. The van der Waals surface area contributed by atoms with Crippen molar-refractivity contribution >= 4 is 11.9 Å². The van der Waals surface area contributed by atoms with Gasteiger partial charge in [-0.3, -0.25) is 9.59 Å². The van der Waals surface area contributed by atoms with Crippen LogP contribution in [0.25, 0.3) is 0 Å². The number of carbonyl (C=O) groups is 2. The van der Waals surface area contributed by atoms with E-state index < -0.39 is 0 Å². The van der Waals surface area contributed by atoms with Gasteiger partial charge in [-0.1, -0.05) is 28.7 Å². The summed E-state index contributed by atoms with van der Waals surface area (Å²) in [6.45, 7) is 7.83. The van der Waals surface area contributed by atoms with Crippen LogP contribution in [0.2, 0.25) is 0 Å². The highest BCUT2D eigenvalue weighted by Crippen LogP contribution is 2.50. The standard InChI is InChI=1S/C14H22O5.2CH4/c1-7-8(2)14-12(6-18-10(4)16)11(13(7)19-14)5-17-9(3)15;;/h7-8,11-14H,5-6H2,1-4H3;2*1H4. The second kappa shape index (κ2) is 7.78. The zero-order valence-electron chi connectivity index (χ0n) is 11.9. The van der Waals surface area contributed by atoms with E-state index in [-0.39, 0.29) is 50.8 Å². The summed E-state index contributed by atoms with van der Waals surface area (Å²) in [6.07, 6.45) is 0.194. The van der Waals surface area contributed by atoms with Crippen LogP contribution in [0.3, 0.4) is 0 Å². The molecular formula is C16H30O5. The lowest BCUT2D eigenvalue weighted by Gasteiger charge is -2.34. The van der Waals surface area contributed by atoms with Gasteiger partial charge in [-0.05, 0) is 11.8 Å². The second-order valence-corrected chi connectivity index (χ2v) is 5.72. The van der Waals surface area contributed by atoms with Crippen molar-refractivity contribution < 1.29 is 23.8 Å². The summed E-state index contributed by atoms with van der Waals surface area (Å²) in [5, 5.41) is 0. The molecule has 124 valence electrons. The summed E-state index contributed by atoms with van der Waals surface area (Å²) >= 11 is 0. The monoisotopic (exact) mass is 302 g/mol. The maximum absolute atomic E-state index is 11.0. The van der Waals surface area contributed by atoms with E-state index in [4.69, 9.17) is 14.2 Å². The Kier molecular flexibility index (Phi) is 7.37. The van der Waals surface area contributed by atoms with Gasteiger partial charge in [-0.2, -0.15) is 0 Å². The molecule has 0 aromatic carbocycles. The molecule has 0 radical (unpaired) electrons. The number of carbonyl (C=O) groups excluding carboxylic acids is 2. The van der Waals surface area contributed by atoms with Gasteiger partial charge in [0.2, 0.25) is 0 Å². The highest BCUT2D eigenvalue weighted by Gasteiger charge is 2.56. The molecule has 0 aliphatic carbocycles. The predicted molar refractivity (Wildman–Crippen MR) is 80.7 cm³/mol. The molecule has 2 fully saturated rings. The summed E-state index contributed by atoms with van der Waals surface area (Å²) in [5.74, 6) is 0.571. The molecule has 0 aromatic rings. The Balaban J connectivity index is 0.00000200. The smallest absolute Gasteiger partial charge is 0.302 e. The van der Waals surface area contributed by atoms with Crippen LogP contribution in [-0.4, -0.2) is 37.4 Å². The van der Waals surface area contributed by atoms with Crippen LogP contribution in [0, 0.1) is 23.7 Å². The van der Waals surface area contributed by atoms with Crippen molar-refractivity contribution in [1.29, 1.82) is 0 Å². The van der Waals surface area contributed by atoms with Gasteiger partial charge in [0.15, 0.2) is 0 Å². The van der Waals surface area contributed by atoms with E-state index in [0.29, 0.717) is 25.0 Å². The van der Waals surface area contributed by atoms with Crippen molar-refractivity contribution in [2.45, 2.75) is 54.8 Å². The molecule has 2 aliphatic rings. The molecule has 2 heterocycles. The number of hydrogen-bond donors (Lipinski definition) is 0. The summed E-state index contributed by atoms with van der Waals surface area (Å²) in [7, 11) is 0. The molecule has 5 heteroatoms. The largest absolute Gasteiger partial charge is 0.465 e. The van der Waals surface area contributed by atoms with Crippen molar-refractivity contribution in [3.05, 3.63) is 0 Å². The molecule has 0 spiro atoms. The molecule has 6 unspecified atom stereocenters. The van der Waals surface area contributed by atoms with Crippen LogP contribution in [0.5, 0.6) is 0 Å². The first-order valence-electron chi connectivity index (χ1n) is 6.84. The second-order valence-electron chi connectivity index (χ2n) is 5.72. The Labute approximate surface area is 128 Å². The Bertz CT molecular complexity index is 334. The van der Waals surface area contributed by atoms with Gasteiger partial charge in [0.1, 0.15) is 0 Å². The topological polar surface area (TPSA) is 61.8 Å².